The van der Waals surface area contributed by atoms with Gasteiger partial charge in [-0.15, -0.1) is 0 Å². The number of ketones is 1. The Kier molecular flexibility index (Phi) is 5.36. The van der Waals surface area contributed by atoms with Crippen molar-refractivity contribution in [3.8, 4) is 5.19 Å². The number of likely N-dealkylation sites (N-methyl/N-ethyl adjacent to an activating group) is 1. The highest BCUT2D eigenvalue weighted by molar-refractivity contribution is 7.15. The van der Waals surface area contributed by atoms with Crippen molar-refractivity contribution in [2.24, 2.45) is 0 Å². The smallest absolute Gasteiger partial charge is 0.273 e. The van der Waals surface area contributed by atoms with Gasteiger partial charge < -0.3 is 20.4 Å². The number of aromatic nitrogens is 1. The van der Waals surface area contributed by atoms with Crippen molar-refractivity contribution in [1.29, 1.82) is 5.41 Å². The van der Waals surface area contributed by atoms with Gasteiger partial charge in [-0.25, -0.2) is 4.98 Å². The number of allylic oxidation sites excluding steroid dienone is 1. The number of ether oxygens (including phenoxy) is 1. The van der Waals surface area contributed by atoms with E-state index < -0.39 is 0 Å². The standard InChI is InChI=1S/C19H20N4O3S/c1-11(24)13-6-4-5-12(7-13)9-21-18(25)16-14(8-20)17-15(10-23(16)2)22-19(26-3)27-17/h4-8,20H,9-10H2,1-3H3,(H,21,25). The van der Waals surface area contributed by atoms with Crippen LogP contribution in [-0.4, -0.2) is 41.9 Å². The van der Waals surface area contributed by atoms with Crippen LogP contribution in [0.25, 0.3) is 5.57 Å². The number of methoxy groups -OCH3 is 1. The molecule has 7 nitrogen and oxygen atoms in total. The van der Waals surface area contributed by atoms with Gasteiger partial charge >= 0.3 is 0 Å². The number of thiazole rings is 1. The quantitative estimate of drug-likeness (QED) is 0.589. The SMILES string of the molecule is COc1nc2c(s1)C(C=N)=C(C(=O)NCc1cccc(C(C)=O)c1)N(C)C2. The van der Waals surface area contributed by atoms with Gasteiger partial charge in [-0.2, -0.15) is 0 Å². The first-order chi connectivity index (χ1) is 12.9. The molecule has 2 N–H and O–H groups in total. The Morgan fingerprint density at radius 1 is 1.44 bits per heavy atom. The second-order valence-electron chi connectivity index (χ2n) is 6.16. The summed E-state index contributed by atoms with van der Waals surface area (Å²) in [5, 5.41) is 11.2. The molecule has 0 bridgehead atoms. The average Bonchev–Trinajstić information content (AvgIpc) is 3.07. The molecular weight excluding hydrogens is 364 g/mol. The van der Waals surface area contributed by atoms with Crippen LogP contribution >= 0.6 is 11.3 Å². The highest BCUT2D eigenvalue weighted by Gasteiger charge is 2.29. The molecule has 1 aliphatic rings. The second-order valence-corrected chi connectivity index (χ2v) is 7.12. The number of amides is 1. The summed E-state index contributed by atoms with van der Waals surface area (Å²) >= 11 is 1.32. The van der Waals surface area contributed by atoms with E-state index in [1.807, 2.05) is 6.07 Å². The van der Waals surface area contributed by atoms with Crippen molar-refractivity contribution in [2.45, 2.75) is 20.0 Å². The molecule has 0 spiro atoms. The predicted octanol–water partition coefficient (Wildman–Crippen LogP) is 2.48. The molecule has 2 heterocycles. The van der Waals surface area contributed by atoms with E-state index in [1.165, 1.54) is 24.5 Å². The van der Waals surface area contributed by atoms with Crippen molar-refractivity contribution >= 4 is 34.8 Å². The van der Waals surface area contributed by atoms with Crippen LogP contribution in [0.15, 0.2) is 30.0 Å². The molecule has 0 atom stereocenters. The molecule has 1 aromatic heterocycles. The van der Waals surface area contributed by atoms with E-state index in [-0.39, 0.29) is 11.7 Å². The fraction of sp³-hybridized carbons (Fsp3) is 0.263. The Bertz CT molecular complexity index is 948. The van der Waals surface area contributed by atoms with Crippen LogP contribution in [0.5, 0.6) is 5.19 Å². The number of hydrogen-bond acceptors (Lipinski definition) is 7. The molecule has 0 aliphatic carbocycles. The van der Waals surface area contributed by atoms with Crippen LogP contribution in [-0.2, 0) is 17.9 Å². The van der Waals surface area contributed by atoms with Gasteiger partial charge in [0.1, 0.15) is 5.70 Å². The number of Topliss-reactive ketones (excluding diaryl/α,β-unsaturated/α-hetero) is 1. The van der Waals surface area contributed by atoms with E-state index in [0.29, 0.717) is 35.1 Å². The van der Waals surface area contributed by atoms with E-state index >= 15 is 0 Å². The molecular formula is C19H20N4O3S. The second kappa shape index (κ2) is 7.71. The molecule has 0 saturated carbocycles. The summed E-state index contributed by atoms with van der Waals surface area (Å²) in [5.74, 6) is -0.294. The maximum absolute atomic E-state index is 12.8. The maximum atomic E-state index is 12.8. The molecule has 140 valence electrons. The van der Waals surface area contributed by atoms with Crippen LogP contribution in [0.2, 0.25) is 0 Å². The Morgan fingerprint density at radius 3 is 2.89 bits per heavy atom. The third-order valence-corrected chi connectivity index (χ3v) is 5.36. The molecule has 0 radical (unpaired) electrons. The van der Waals surface area contributed by atoms with Crippen LogP contribution < -0.4 is 10.1 Å². The average molecular weight is 384 g/mol. The predicted molar refractivity (Wildman–Crippen MR) is 104 cm³/mol. The van der Waals surface area contributed by atoms with Crippen molar-refractivity contribution in [3.63, 3.8) is 0 Å². The van der Waals surface area contributed by atoms with Crippen molar-refractivity contribution in [1.82, 2.24) is 15.2 Å². The molecule has 1 amide bonds. The highest BCUT2D eigenvalue weighted by atomic mass is 32.1. The number of hydrogen-bond donors (Lipinski definition) is 2. The first-order valence-electron chi connectivity index (χ1n) is 8.32. The van der Waals surface area contributed by atoms with Crippen molar-refractivity contribution < 1.29 is 14.3 Å². The highest BCUT2D eigenvalue weighted by Crippen LogP contribution is 2.36. The zero-order chi connectivity index (χ0) is 19.6. The summed E-state index contributed by atoms with van der Waals surface area (Å²) in [6, 6.07) is 7.17. The van der Waals surface area contributed by atoms with E-state index in [2.05, 4.69) is 10.3 Å². The Balaban J connectivity index is 1.85. The largest absolute Gasteiger partial charge is 0.473 e. The van der Waals surface area contributed by atoms with Crippen LogP contribution in [0.1, 0.15) is 33.4 Å². The van der Waals surface area contributed by atoms with Gasteiger partial charge in [0.05, 0.1) is 24.2 Å². The monoisotopic (exact) mass is 384 g/mol. The van der Waals surface area contributed by atoms with E-state index in [0.717, 1.165) is 16.1 Å². The summed E-state index contributed by atoms with van der Waals surface area (Å²) in [7, 11) is 3.34. The zero-order valence-electron chi connectivity index (χ0n) is 15.3. The lowest BCUT2D eigenvalue weighted by Gasteiger charge is -2.27. The fourth-order valence-electron chi connectivity index (χ4n) is 2.95. The molecule has 1 aromatic carbocycles. The Hall–Kier alpha value is -3.00. The number of rotatable bonds is 6. The lowest BCUT2D eigenvalue weighted by molar-refractivity contribution is -0.119. The van der Waals surface area contributed by atoms with Gasteiger partial charge in [0.2, 0.25) is 0 Å². The van der Waals surface area contributed by atoms with Gasteiger partial charge in [0, 0.05) is 30.9 Å². The molecule has 0 unspecified atom stereocenters. The van der Waals surface area contributed by atoms with Gasteiger partial charge in [-0.3, -0.25) is 9.59 Å². The third kappa shape index (κ3) is 3.75. The minimum Gasteiger partial charge on any atom is -0.473 e. The van der Waals surface area contributed by atoms with Crippen LogP contribution in [0.3, 0.4) is 0 Å². The summed E-state index contributed by atoms with van der Waals surface area (Å²) in [6.07, 6.45) is 1.18. The number of benzene rings is 1. The molecule has 0 fully saturated rings. The Morgan fingerprint density at radius 2 is 2.22 bits per heavy atom. The first-order valence-corrected chi connectivity index (χ1v) is 9.14. The van der Waals surface area contributed by atoms with Crippen molar-refractivity contribution in [3.05, 3.63) is 51.7 Å². The van der Waals surface area contributed by atoms with E-state index in [1.54, 1.807) is 37.3 Å². The number of carbonyl (C=O) groups is 2. The molecule has 8 heteroatoms. The minimum atomic E-state index is -0.276. The third-order valence-electron chi connectivity index (χ3n) is 4.27. The van der Waals surface area contributed by atoms with Crippen LogP contribution in [0, 0.1) is 5.41 Å². The van der Waals surface area contributed by atoms with Crippen LogP contribution in [0.4, 0.5) is 0 Å². The normalized spacial score (nSPS) is 13.2. The fourth-order valence-corrected chi connectivity index (χ4v) is 3.86. The van der Waals surface area contributed by atoms with Gasteiger partial charge in [-0.05, 0) is 18.6 Å². The van der Waals surface area contributed by atoms with E-state index in [4.69, 9.17) is 10.1 Å². The molecule has 27 heavy (non-hydrogen) atoms. The van der Waals surface area contributed by atoms with Gasteiger partial charge in [0.15, 0.2) is 5.78 Å². The summed E-state index contributed by atoms with van der Waals surface area (Å²) in [5.41, 5.74) is 3.19. The lowest BCUT2D eigenvalue weighted by Crippen LogP contribution is -2.35. The lowest BCUT2D eigenvalue weighted by atomic mass is 10.0. The number of carbonyl (C=O) groups excluding carboxylic acids is 2. The summed E-state index contributed by atoms with van der Waals surface area (Å²) in [6.45, 7) is 2.27. The molecule has 0 saturated heterocycles. The molecule has 3 rings (SSSR count). The zero-order valence-corrected chi connectivity index (χ0v) is 16.1. The van der Waals surface area contributed by atoms with Crippen molar-refractivity contribution in [2.75, 3.05) is 14.2 Å². The first kappa shape index (κ1) is 18.8. The maximum Gasteiger partial charge on any atom is 0.273 e. The summed E-state index contributed by atoms with van der Waals surface area (Å²) < 4.78 is 5.19. The van der Waals surface area contributed by atoms with Gasteiger partial charge in [0.25, 0.3) is 11.1 Å². The number of nitrogens with zero attached hydrogens (tertiary/aromatic N) is 2. The molecule has 1 aliphatic heterocycles. The minimum absolute atomic E-state index is 0.0179. The topological polar surface area (TPSA) is 95.4 Å². The van der Waals surface area contributed by atoms with E-state index in [9.17, 15) is 9.59 Å². The Labute approximate surface area is 161 Å². The molecule has 2 aromatic rings. The number of fused-ring (bicyclic) bond motifs is 1. The summed E-state index contributed by atoms with van der Waals surface area (Å²) in [4.78, 5) is 31.3. The number of nitrogens with one attached hydrogen (secondary N) is 2. The van der Waals surface area contributed by atoms with Gasteiger partial charge in [-0.1, -0.05) is 29.5 Å².